The lowest BCUT2D eigenvalue weighted by molar-refractivity contribution is -0.131. The normalized spacial score (nSPS) is 10.6. The van der Waals surface area contributed by atoms with E-state index in [-0.39, 0.29) is 24.8 Å². The number of fused-ring (bicyclic) bond motifs is 1. The van der Waals surface area contributed by atoms with E-state index in [0.29, 0.717) is 17.8 Å². The number of ether oxygens (including phenoxy) is 2. The molecule has 8 heteroatoms. The summed E-state index contributed by atoms with van der Waals surface area (Å²) in [5.74, 6) is -1.58. The molecule has 0 spiro atoms. The van der Waals surface area contributed by atoms with Crippen LogP contribution < -0.4 is 5.32 Å². The molecule has 140 valence electrons. The van der Waals surface area contributed by atoms with E-state index >= 15 is 0 Å². The molecule has 8 nitrogen and oxygen atoms in total. The van der Waals surface area contributed by atoms with E-state index in [1.165, 1.54) is 4.90 Å². The van der Waals surface area contributed by atoms with Gasteiger partial charge in [-0.2, -0.15) is 0 Å². The molecule has 0 bridgehead atoms. The number of hydrogen-bond acceptors (Lipinski definition) is 6. The zero-order chi connectivity index (χ0) is 19.1. The molecule has 0 unspecified atom stereocenters. The molecule has 2 rings (SSSR count). The smallest absolute Gasteiger partial charge is 0.375 e. The number of rotatable bonds is 8. The van der Waals surface area contributed by atoms with Crippen LogP contribution in [-0.2, 0) is 25.7 Å². The summed E-state index contributed by atoms with van der Waals surface area (Å²) >= 11 is 0. The topological polar surface area (TPSA) is 98.1 Å². The third-order valence-electron chi connectivity index (χ3n) is 3.60. The summed E-state index contributed by atoms with van der Waals surface area (Å²) in [5.41, 5.74) is 1.12. The molecule has 0 atom stereocenters. The van der Waals surface area contributed by atoms with Crippen molar-refractivity contribution in [2.75, 3.05) is 33.9 Å². The Balaban J connectivity index is 2.02. The van der Waals surface area contributed by atoms with Gasteiger partial charge in [0.1, 0.15) is 5.58 Å². The SMILES string of the molecule is CCOCc1c(C(=O)OCC(=O)NCC(=O)N(C)C)oc2ccccc12. The lowest BCUT2D eigenvalue weighted by atomic mass is 10.1. The van der Waals surface area contributed by atoms with Gasteiger partial charge >= 0.3 is 5.97 Å². The third-order valence-corrected chi connectivity index (χ3v) is 3.60. The summed E-state index contributed by atoms with van der Waals surface area (Å²) in [6, 6.07) is 7.18. The maximum absolute atomic E-state index is 12.3. The molecule has 0 saturated heterocycles. The molecule has 0 fully saturated rings. The zero-order valence-corrected chi connectivity index (χ0v) is 15.0. The molecule has 0 saturated carbocycles. The van der Waals surface area contributed by atoms with E-state index in [1.54, 1.807) is 26.2 Å². The number of carbonyl (C=O) groups excluding carboxylic acids is 3. The maximum atomic E-state index is 12.3. The highest BCUT2D eigenvalue weighted by Crippen LogP contribution is 2.27. The number of amides is 2. The second kappa shape index (κ2) is 9.00. The van der Waals surface area contributed by atoms with Gasteiger partial charge in [-0.3, -0.25) is 9.59 Å². The molecule has 0 aliphatic carbocycles. The van der Waals surface area contributed by atoms with Crippen molar-refractivity contribution < 1.29 is 28.3 Å². The van der Waals surface area contributed by atoms with Crippen molar-refractivity contribution in [3.8, 4) is 0 Å². The van der Waals surface area contributed by atoms with Gasteiger partial charge in [-0.1, -0.05) is 18.2 Å². The van der Waals surface area contributed by atoms with Crippen LogP contribution in [0.4, 0.5) is 0 Å². The molecular weight excluding hydrogens is 340 g/mol. The number of hydrogen-bond donors (Lipinski definition) is 1. The summed E-state index contributed by atoms with van der Waals surface area (Å²) in [7, 11) is 3.16. The first kappa shape index (κ1) is 19.5. The quantitative estimate of drug-likeness (QED) is 0.712. The highest BCUT2D eigenvalue weighted by atomic mass is 16.5. The number of nitrogens with one attached hydrogen (secondary N) is 1. The molecular formula is C18H22N2O6. The fraction of sp³-hybridized carbons (Fsp3) is 0.389. The number of nitrogens with zero attached hydrogens (tertiary/aromatic N) is 1. The summed E-state index contributed by atoms with van der Waals surface area (Å²) in [6.07, 6.45) is 0. The monoisotopic (exact) mass is 362 g/mol. The van der Waals surface area contributed by atoms with Gasteiger partial charge in [0, 0.05) is 31.7 Å². The average Bonchev–Trinajstić information content (AvgIpc) is 3.00. The van der Waals surface area contributed by atoms with Crippen LogP contribution in [0.15, 0.2) is 28.7 Å². The highest BCUT2D eigenvalue weighted by molar-refractivity contribution is 5.97. The van der Waals surface area contributed by atoms with E-state index in [2.05, 4.69) is 5.32 Å². The van der Waals surface area contributed by atoms with Gasteiger partial charge < -0.3 is 24.1 Å². The fourth-order valence-electron chi connectivity index (χ4n) is 2.19. The predicted octanol–water partition coefficient (Wildman–Crippen LogP) is 1.33. The maximum Gasteiger partial charge on any atom is 0.375 e. The fourth-order valence-corrected chi connectivity index (χ4v) is 2.19. The van der Waals surface area contributed by atoms with Crippen molar-refractivity contribution in [3.05, 3.63) is 35.6 Å². The van der Waals surface area contributed by atoms with Crippen molar-refractivity contribution >= 4 is 28.8 Å². The first-order valence-corrected chi connectivity index (χ1v) is 8.16. The number of likely N-dealkylation sites (N-methyl/N-ethyl adjacent to an activating group) is 1. The van der Waals surface area contributed by atoms with Crippen molar-refractivity contribution in [2.24, 2.45) is 0 Å². The van der Waals surface area contributed by atoms with Crippen molar-refractivity contribution in [2.45, 2.75) is 13.5 Å². The Labute approximate surface area is 151 Å². The van der Waals surface area contributed by atoms with E-state index in [9.17, 15) is 14.4 Å². The van der Waals surface area contributed by atoms with Crippen LogP contribution in [0.1, 0.15) is 23.0 Å². The van der Waals surface area contributed by atoms with Gasteiger partial charge in [-0.25, -0.2) is 4.79 Å². The Hall–Kier alpha value is -2.87. The number of benzene rings is 1. The van der Waals surface area contributed by atoms with Gasteiger partial charge in [-0.05, 0) is 13.0 Å². The average molecular weight is 362 g/mol. The van der Waals surface area contributed by atoms with Crippen LogP contribution in [-0.4, -0.2) is 56.5 Å². The van der Waals surface area contributed by atoms with Gasteiger partial charge in [-0.15, -0.1) is 0 Å². The van der Waals surface area contributed by atoms with Crippen LogP contribution in [0.5, 0.6) is 0 Å². The Morgan fingerprint density at radius 2 is 1.92 bits per heavy atom. The standard InChI is InChI=1S/C18H22N2O6/c1-4-24-10-13-12-7-5-6-8-14(12)26-17(13)18(23)25-11-15(21)19-9-16(22)20(2)3/h5-8H,4,9-11H2,1-3H3,(H,19,21). The number of furan rings is 1. The number of para-hydroxylation sites is 1. The first-order valence-electron chi connectivity index (χ1n) is 8.16. The van der Waals surface area contributed by atoms with Crippen LogP contribution in [0.2, 0.25) is 0 Å². The minimum Gasteiger partial charge on any atom is -0.450 e. The Morgan fingerprint density at radius 3 is 2.62 bits per heavy atom. The summed E-state index contributed by atoms with van der Waals surface area (Å²) in [4.78, 5) is 36.8. The van der Waals surface area contributed by atoms with E-state index in [1.807, 2.05) is 19.1 Å². The summed E-state index contributed by atoms with van der Waals surface area (Å²) in [6.45, 7) is 1.85. The second-order valence-electron chi connectivity index (χ2n) is 5.68. The lowest BCUT2D eigenvalue weighted by Crippen LogP contribution is -2.38. The van der Waals surface area contributed by atoms with Crippen molar-refractivity contribution in [1.82, 2.24) is 10.2 Å². The Morgan fingerprint density at radius 1 is 1.19 bits per heavy atom. The largest absolute Gasteiger partial charge is 0.450 e. The summed E-state index contributed by atoms with van der Waals surface area (Å²) < 4.78 is 16.0. The Bertz CT molecular complexity index is 796. The number of esters is 1. The second-order valence-corrected chi connectivity index (χ2v) is 5.68. The van der Waals surface area contributed by atoms with Crippen LogP contribution in [0, 0.1) is 0 Å². The summed E-state index contributed by atoms with van der Waals surface area (Å²) in [5, 5.41) is 3.14. The molecule has 0 aliphatic rings. The molecule has 2 amide bonds. The van der Waals surface area contributed by atoms with Crippen molar-refractivity contribution in [1.29, 1.82) is 0 Å². The highest BCUT2D eigenvalue weighted by Gasteiger charge is 2.22. The van der Waals surface area contributed by atoms with Crippen LogP contribution >= 0.6 is 0 Å². The predicted molar refractivity (Wildman–Crippen MR) is 93.5 cm³/mol. The molecule has 1 N–H and O–H groups in total. The van der Waals surface area contributed by atoms with Gasteiger partial charge in [0.15, 0.2) is 6.61 Å². The minimum atomic E-state index is -0.759. The molecule has 26 heavy (non-hydrogen) atoms. The number of carbonyl (C=O) groups is 3. The molecule has 0 aliphatic heterocycles. The molecule has 1 aromatic heterocycles. The van der Waals surface area contributed by atoms with Crippen molar-refractivity contribution in [3.63, 3.8) is 0 Å². The molecule has 1 aromatic carbocycles. The van der Waals surface area contributed by atoms with Gasteiger partial charge in [0.25, 0.3) is 5.91 Å². The van der Waals surface area contributed by atoms with E-state index in [0.717, 1.165) is 5.39 Å². The van der Waals surface area contributed by atoms with Gasteiger partial charge in [0.2, 0.25) is 11.7 Å². The van der Waals surface area contributed by atoms with Gasteiger partial charge in [0.05, 0.1) is 13.2 Å². The Kier molecular flexibility index (Phi) is 6.74. The molecule has 1 heterocycles. The lowest BCUT2D eigenvalue weighted by Gasteiger charge is -2.11. The van der Waals surface area contributed by atoms with Crippen LogP contribution in [0.25, 0.3) is 11.0 Å². The van der Waals surface area contributed by atoms with Crippen LogP contribution in [0.3, 0.4) is 0 Å². The van der Waals surface area contributed by atoms with E-state index in [4.69, 9.17) is 13.9 Å². The molecule has 2 aromatic rings. The zero-order valence-electron chi connectivity index (χ0n) is 15.0. The third kappa shape index (κ3) is 4.82. The molecule has 0 radical (unpaired) electrons. The minimum absolute atomic E-state index is 0.0109. The first-order chi connectivity index (χ1) is 12.4. The van der Waals surface area contributed by atoms with E-state index < -0.39 is 18.5 Å².